The molecule has 1 N–H and O–H groups in total. The molecule has 2 aromatic carbocycles. The normalized spacial score (nSPS) is 31.3. The third kappa shape index (κ3) is 2.76. The lowest BCUT2D eigenvalue weighted by atomic mass is 9.86. The first-order chi connectivity index (χ1) is 13.2. The van der Waals surface area contributed by atoms with Crippen molar-refractivity contribution in [1.82, 2.24) is 0 Å². The van der Waals surface area contributed by atoms with Crippen LogP contribution in [-0.2, 0) is 15.1 Å². The zero-order valence-corrected chi connectivity index (χ0v) is 15.1. The lowest BCUT2D eigenvalue weighted by molar-refractivity contribution is -0.106. The Morgan fingerprint density at radius 3 is 2.63 bits per heavy atom. The molecular weight excluding hydrogens is 348 g/mol. The second-order valence-electron chi connectivity index (χ2n) is 7.11. The molecule has 0 unspecified atom stereocenters. The van der Waals surface area contributed by atoms with E-state index >= 15 is 0 Å². The maximum Gasteiger partial charge on any atom is 0.237 e. The van der Waals surface area contributed by atoms with E-state index in [1.54, 1.807) is 13.2 Å². The van der Waals surface area contributed by atoms with Gasteiger partial charge in [-0.1, -0.05) is 12.1 Å². The fourth-order valence-corrected chi connectivity index (χ4v) is 3.88. The van der Waals surface area contributed by atoms with Gasteiger partial charge in [-0.3, -0.25) is 0 Å². The second-order valence-corrected chi connectivity index (χ2v) is 7.11. The fourth-order valence-electron chi connectivity index (χ4n) is 3.88. The zero-order chi connectivity index (χ0) is 18.4. The average molecular weight is 370 g/mol. The number of fused-ring (bicyclic) bond motifs is 2. The van der Waals surface area contributed by atoms with Gasteiger partial charge in [-0.2, -0.15) is 0 Å². The van der Waals surface area contributed by atoms with Crippen molar-refractivity contribution in [3.63, 3.8) is 0 Å². The van der Waals surface area contributed by atoms with Crippen LogP contribution in [0.15, 0.2) is 42.5 Å². The predicted molar refractivity (Wildman–Crippen MR) is 95.8 cm³/mol. The lowest BCUT2D eigenvalue weighted by Gasteiger charge is -2.28. The quantitative estimate of drug-likeness (QED) is 0.833. The topological polar surface area (TPSA) is 69.7 Å². The van der Waals surface area contributed by atoms with Gasteiger partial charge in [0.05, 0.1) is 13.7 Å². The third-order valence-electron chi connectivity index (χ3n) is 5.46. The largest absolute Gasteiger partial charge is 0.497 e. The minimum Gasteiger partial charge on any atom is -0.497 e. The summed E-state index contributed by atoms with van der Waals surface area (Å²) in [5.74, 6) is 2.01. The average Bonchev–Trinajstić information content (AvgIpc) is 3.44. The van der Waals surface area contributed by atoms with Crippen LogP contribution in [-0.4, -0.2) is 31.4 Å². The molecule has 2 fully saturated rings. The van der Waals surface area contributed by atoms with Gasteiger partial charge >= 0.3 is 0 Å². The highest BCUT2D eigenvalue weighted by atomic mass is 16.8. The number of hydrogen-bond donors (Lipinski definition) is 1. The summed E-state index contributed by atoms with van der Waals surface area (Å²) >= 11 is 0. The van der Waals surface area contributed by atoms with Gasteiger partial charge in [0.15, 0.2) is 11.9 Å². The van der Waals surface area contributed by atoms with Crippen molar-refractivity contribution < 1.29 is 28.8 Å². The van der Waals surface area contributed by atoms with Crippen molar-refractivity contribution >= 4 is 0 Å². The summed E-state index contributed by atoms with van der Waals surface area (Å²) in [6.07, 6.45) is 1.50. The van der Waals surface area contributed by atoms with Crippen LogP contribution in [0.3, 0.4) is 0 Å². The minimum atomic E-state index is -0.867. The van der Waals surface area contributed by atoms with Crippen LogP contribution < -0.4 is 14.2 Å². The van der Waals surface area contributed by atoms with Crippen molar-refractivity contribution in [3.8, 4) is 17.2 Å². The van der Waals surface area contributed by atoms with E-state index < -0.39 is 18.0 Å². The third-order valence-corrected chi connectivity index (χ3v) is 5.46. The molecule has 6 nitrogen and oxygen atoms in total. The molecule has 4 atom stereocenters. The monoisotopic (exact) mass is 370 g/mol. The van der Waals surface area contributed by atoms with E-state index in [0.717, 1.165) is 37.2 Å². The van der Waals surface area contributed by atoms with Gasteiger partial charge in [0.2, 0.25) is 6.29 Å². The SMILES string of the molecule is COc1ccc([C@]23O[C@H]2Oc2cc(O[C@@H]4CCCCO4)ccc2[C@H]3O)cc1. The molecule has 0 saturated carbocycles. The highest BCUT2D eigenvalue weighted by Crippen LogP contribution is 2.60. The Kier molecular flexibility index (Phi) is 4.00. The maximum atomic E-state index is 11.0. The summed E-state index contributed by atoms with van der Waals surface area (Å²) < 4.78 is 28.5. The van der Waals surface area contributed by atoms with Crippen molar-refractivity contribution in [3.05, 3.63) is 53.6 Å². The summed E-state index contributed by atoms with van der Waals surface area (Å²) in [6, 6.07) is 13.0. The fraction of sp³-hybridized carbons (Fsp3) is 0.429. The number of rotatable bonds is 4. The van der Waals surface area contributed by atoms with Gasteiger partial charge in [0.25, 0.3) is 0 Å². The van der Waals surface area contributed by atoms with Crippen LogP contribution in [0.25, 0.3) is 0 Å². The first-order valence-corrected chi connectivity index (χ1v) is 9.30. The number of benzene rings is 2. The van der Waals surface area contributed by atoms with Crippen LogP contribution in [0.4, 0.5) is 0 Å². The smallest absolute Gasteiger partial charge is 0.237 e. The molecule has 5 rings (SSSR count). The van der Waals surface area contributed by atoms with Crippen LogP contribution in [0.1, 0.15) is 36.5 Å². The lowest BCUT2D eigenvalue weighted by Crippen LogP contribution is -2.30. The van der Waals surface area contributed by atoms with Crippen molar-refractivity contribution in [2.24, 2.45) is 0 Å². The first kappa shape index (κ1) is 16.9. The second kappa shape index (κ2) is 6.41. The maximum absolute atomic E-state index is 11.0. The van der Waals surface area contributed by atoms with Gasteiger partial charge in [-0.25, -0.2) is 0 Å². The van der Waals surface area contributed by atoms with Crippen LogP contribution in [0, 0.1) is 0 Å². The molecule has 0 aliphatic carbocycles. The van der Waals surface area contributed by atoms with Gasteiger partial charge in [0.1, 0.15) is 23.4 Å². The molecule has 3 aliphatic heterocycles. The van der Waals surface area contributed by atoms with Crippen LogP contribution in [0.2, 0.25) is 0 Å². The molecule has 3 aliphatic rings. The Morgan fingerprint density at radius 2 is 1.89 bits per heavy atom. The number of epoxide rings is 1. The number of hydrogen-bond acceptors (Lipinski definition) is 6. The molecule has 142 valence electrons. The van der Waals surface area contributed by atoms with Gasteiger partial charge in [-0.05, 0) is 42.7 Å². The van der Waals surface area contributed by atoms with Gasteiger partial charge < -0.3 is 28.8 Å². The van der Waals surface area contributed by atoms with E-state index in [9.17, 15) is 5.11 Å². The van der Waals surface area contributed by atoms with E-state index in [4.69, 9.17) is 23.7 Å². The predicted octanol–water partition coefficient (Wildman–Crippen LogP) is 3.28. The Bertz CT molecular complexity index is 829. The molecule has 27 heavy (non-hydrogen) atoms. The standard InChI is InChI=1S/C21H22O6/c1-23-14-7-5-13(6-8-14)21-19(22)16-10-9-15(12-17(16)26-20(21)27-21)25-18-4-2-3-11-24-18/h5-10,12,18-20,22H,2-4,11H2,1H3/t18-,19-,20-,21-/m1/s1. The summed E-state index contributed by atoms with van der Waals surface area (Å²) in [5.41, 5.74) is 0.688. The summed E-state index contributed by atoms with van der Waals surface area (Å²) in [4.78, 5) is 0. The van der Waals surface area contributed by atoms with E-state index in [1.165, 1.54) is 0 Å². The zero-order valence-electron chi connectivity index (χ0n) is 15.1. The number of ether oxygens (including phenoxy) is 5. The van der Waals surface area contributed by atoms with Crippen molar-refractivity contribution in [1.29, 1.82) is 0 Å². The summed E-state index contributed by atoms with van der Waals surface area (Å²) in [6.45, 7) is 0.727. The molecule has 3 heterocycles. The van der Waals surface area contributed by atoms with E-state index in [1.807, 2.05) is 36.4 Å². The molecule has 6 heteroatoms. The Balaban J connectivity index is 1.39. The Labute approximate surface area is 157 Å². The minimum absolute atomic E-state index is 0.221. The van der Waals surface area contributed by atoms with Crippen molar-refractivity contribution in [2.45, 2.75) is 43.5 Å². The molecule has 0 amide bonds. The van der Waals surface area contributed by atoms with Crippen LogP contribution in [0.5, 0.6) is 17.2 Å². The molecule has 2 aromatic rings. The number of aliphatic hydroxyl groups excluding tert-OH is 1. The molecule has 0 aromatic heterocycles. The molecule has 0 bridgehead atoms. The van der Waals surface area contributed by atoms with Gasteiger partial charge in [-0.15, -0.1) is 0 Å². The van der Waals surface area contributed by atoms with E-state index in [-0.39, 0.29) is 6.29 Å². The number of aliphatic hydroxyl groups is 1. The summed E-state index contributed by atoms with van der Waals surface area (Å²) in [7, 11) is 1.62. The molecule has 2 saturated heterocycles. The van der Waals surface area contributed by atoms with E-state index in [2.05, 4.69) is 0 Å². The van der Waals surface area contributed by atoms with E-state index in [0.29, 0.717) is 17.1 Å². The molecule has 0 radical (unpaired) electrons. The molecular formula is C21H22O6. The molecule has 0 spiro atoms. The van der Waals surface area contributed by atoms with Crippen molar-refractivity contribution in [2.75, 3.05) is 13.7 Å². The number of methoxy groups -OCH3 is 1. The Morgan fingerprint density at radius 1 is 1.07 bits per heavy atom. The highest BCUT2D eigenvalue weighted by Gasteiger charge is 2.68. The summed E-state index contributed by atoms with van der Waals surface area (Å²) in [5, 5.41) is 11.0. The Hall–Kier alpha value is -2.28. The highest BCUT2D eigenvalue weighted by molar-refractivity contribution is 5.49. The van der Waals surface area contributed by atoms with Gasteiger partial charge in [0, 0.05) is 18.1 Å². The van der Waals surface area contributed by atoms with Crippen LogP contribution >= 0.6 is 0 Å². The first-order valence-electron chi connectivity index (χ1n) is 9.30.